The van der Waals surface area contributed by atoms with Gasteiger partial charge in [0.2, 0.25) is 5.91 Å². The number of carbonyl (C=O) groups is 1. The van der Waals surface area contributed by atoms with Crippen LogP contribution in [-0.2, 0) is 11.0 Å². The van der Waals surface area contributed by atoms with E-state index in [0.717, 1.165) is 6.07 Å². The third-order valence-corrected chi connectivity index (χ3v) is 3.62. The summed E-state index contributed by atoms with van der Waals surface area (Å²) in [6.07, 6.45) is -3.79. The molecule has 21 heavy (non-hydrogen) atoms. The van der Waals surface area contributed by atoms with Crippen LogP contribution in [0.15, 0.2) is 6.07 Å². The van der Waals surface area contributed by atoms with E-state index in [1.165, 1.54) is 4.68 Å². The van der Waals surface area contributed by atoms with Crippen molar-refractivity contribution in [2.75, 3.05) is 19.6 Å². The maximum Gasteiger partial charge on any atom is 0.435 e. The predicted molar refractivity (Wildman–Crippen MR) is 70.6 cm³/mol. The number of nitrogens with two attached hydrogens (primary N) is 1. The molecule has 0 aromatic carbocycles. The van der Waals surface area contributed by atoms with Crippen LogP contribution in [0.4, 0.5) is 13.2 Å². The topological polar surface area (TPSA) is 64.2 Å². The van der Waals surface area contributed by atoms with Crippen molar-refractivity contribution >= 4 is 5.91 Å². The maximum atomic E-state index is 12.8. The van der Waals surface area contributed by atoms with Gasteiger partial charge in [0.05, 0.1) is 12.6 Å². The van der Waals surface area contributed by atoms with E-state index >= 15 is 0 Å². The number of hydrogen-bond acceptors (Lipinski definition) is 3. The Morgan fingerprint density at radius 3 is 2.71 bits per heavy atom. The second-order valence-corrected chi connectivity index (χ2v) is 5.70. The number of likely N-dealkylation sites (tertiary alicyclic amines) is 1. The minimum absolute atomic E-state index is 0.0567. The molecule has 1 saturated heterocycles. The molecule has 1 aliphatic heterocycles. The van der Waals surface area contributed by atoms with E-state index in [4.69, 9.17) is 5.73 Å². The van der Waals surface area contributed by atoms with Crippen LogP contribution in [-0.4, -0.2) is 40.2 Å². The first-order valence-electron chi connectivity index (χ1n) is 6.85. The number of hydrogen-bond donors (Lipinski definition) is 1. The Morgan fingerprint density at radius 1 is 1.52 bits per heavy atom. The summed E-state index contributed by atoms with van der Waals surface area (Å²) in [6.45, 7) is 4.92. The lowest BCUT2D eigenvalue weighted by Crippen LogP contribution is -2.32. The first-order chi connectivity index (χ1) is 9.68. The second kappa shape index (κ2) is 5.67. The van der Waals surface area contributed by atoms with Crippen LogP contribution in [0.25, 0.3) is 0 Å². The minimum atomic E-state index is -4.44. The van der Waals surface area contributed by atoms with Crippen molar-refractivity contribution in [3.8, 4) is 0 Å². The lowest BCUT2D eigenvalue weighted by molar-refractivity contribution is -0.141. The highest BCUT2D eigenvalue weighted by Crippen LogP contribution is 2.33. The van der Waals surface area contributed by atoms with E-state index in [9.17, 15) is 18.0 Å². The Bertz CT molecular complexity index is 524. The molecule has 118 valence electrons. The number of nitrogens with zero attached hydrogens (tertiary/aromatic N) is 3. The molecule has 1 aromatic heterocycles. The zero-order valence-electron chi connectivity index (χ0n) is 12.0. The van der Waals surface area contributed by atoms with Crippen LogP contribution in [0.2, 0.25) is 0 Å². The van der Waals surface area contributed by atoms with Crippen LogP contribution in [0.1, 0.15) is 43.6 Å². The molecule has 8 heteroatoms. The summed E-state index contributed by atoms with van der Waals surface area (Å²) in [5, 5.41) is 3.75. The van der Waals surface area contributed by atoms with Gasteiger partial charge in [-0.1, -0.05) is 13.8 Å². The van der Waals surface area contributed by atoms with Crippen molar-refractivity contribution in [3.63, 3.8) is 0 Å². The number of halogens is 3. The van der Waals surface area contributed by atoms with Gasteiger partial charge in [0.25, 0.3) is 0 Å². The molecule has 1 aromatic rings. The molecule has 5 nitrogen and oxygen atoms in total. The summed E-state index contributed by atoms with van der Waals surface area (Å²) in [6, 6.07) is 0.958. The van der Waals surface area contributed by atoms with Crippen LogP contribution >= 0.6 is 0 Å². The largest absolute Gasteiger partial charge is 0.435 e. The van der Waals surface area contributed by atoms with Crippen LogP contribution < -0.4 is 5.73 Å². The van der Waals surface area contributed by atoms with Crippen molar-refractivity contribution < 1.29 is 18.0 Å². The highest BCUT2D eigenvalue weighted by Gasteiger charge is 2.37. The molecule has 0 aliphatic carbocycles. The molecule has 0 bridgehead atoms. The molecular formula is C13H19F3N4O. The Morgan fingerprint density at radius 2 is 2.19 bits per heavy atom. The standard InChI is InChI=1S/C13H19F3N4O/c1-8(2)10-5-11(13(14,15)16)18-20(10)9-3-4-19(6-9)7-12(17)21/h5,8-9H,3-4,6-7H2,1-2H3,(H2,17,21). The average Bonchev–Trinajstić information content (AvgIpc) is 2.91. The normalized spacial score (nSPS) is 20.4. The molecular weight excluding hydrogens is 285 g/mol. The fourth-order valence-corrected chi connectivity index (χ4v) is 2.65. The minimum Gasteiger partial charge on any atom is -0.369 e. The summed E-state index contributed by atoms with van der Waals surface area (Å²) in [4.78, 5) is 12.8. The summed E-state index contributed by atoms with van der Waals surface area (Å²) >= 11 is 0. The van der Waals surface area contributed by atoms with Crippen molar-refractivity contribution in [1.82, 2.24) is 14.7 Å². The highest BCUT2D eigenvalue weighted by atomic mass is 19.4. The van der Waals surface area contributed by atoms with Crippen molar-refractivity contribution in [1.29, 1.82) is 0 Å². The van der Waals surface area contributed by atoms with Gasteiger partial charge in [-0.05, 0) is 18.4 Å². The van der Waals surface area contributed by atoms with E-state index in [1.54, 1.807) is 0 Å². The van der Waals surface area contributed by atoms with E-state index in [1.807, 2.05) is 18.7 Å². The van der Waals surface area contributed by atoms with Gasteiger partial charge in [0, 0.05) is 18.8 Å². The zero-order chi connectivity index (χ0) is 15.8. The summed E-state index contributed by atoms with van der Waals surface area (Å²) in [7, 11) is 0. The number of amides is 1. The van der Waals surface area contributed by atoms with Gasteiger partial charge in [-0.15, -0.1) is 0 Å². The summed E-state index contributed by atoms with van der Waals surface area (Å²) in [5.74, 6) is -0.491. The Hall–Kier alpha value is -1.57. The van der Waals surface area contributed by atoms with E-state index in [-0.39, 0.29) is 18.5 Å². The maximum absolute atomic E-state index is 12.8. The van der Waals surface area contributed by atoms with E-state index in [0.29, 0.717) is 25.2 Å². The van der Waals surface area contributed by atoms with Crippen LogP contribution in [0.5, 0.6) is 0 Å². The Labute approximate surface area is 120 Å². The molecule has 0 spiro atoms. The fourth-order valence-electron chi connectivity index (χ4n) is 2.65. The number of alkyl halides is 3. The molecule has 2 N–H and O–H groups in total. The smallest absolute Gasteiger partial charge is 0.369 e. The molecule has 1 amide bonds. The third-order valence-electron chi connectivity index (χ3n) is 3.62. The van der Waals surface area contributed by atoms with Crippen molar-refractivity contribution in [2.24, 2.45) is 5.73 Å². The number of carbonyl (C=O) groups excluding carboxylic acids is 1. The Kier molecular flexibility index (Phi) is 4.27. The van der Waals surface area contributed by atoms with Gasteiger partial charge >= 0.3 is 6.18 Å². The predicted octanol–water partition coefficient (Wildman–Crippen LogP) is 1.76. The van der Waals surface area contributed by atoms with Crippen LogP contribution in [0.3, 0.4) is 0 Å². The van der Waals surface area contributed by atoms with Gasteiger partial charge in [0.1, 0.15) is 0 Å². The number of aromatic nitrogens is 2. The lowest BCUT2D eigenvalue weighted by atomic mass is 10.1. The van der Waals surface area contributed by atoms with Gasteiger partial charge < -0.3 is 5.73 Å². The molecule has 1 unspecified atom stereocenters. The van der Waals surface area contributed by atoms with Gasteiger partial charge in [-0.2, -0.15) is 18.3 Å². The molecule has 2 heterocycles. The number of primary amides is 1. The first-order valence-corrected chi connectivity index (χ1v) is 6.85. The molecule has 2 rings (SSSR count). The van der Waals surface area contributed by atoms with Crippen LogP contribution in [0, 0.1) is 0 Å². The molecule has 0 radical (unpaired) electrons. The lowest BCUT2D eigenvalue weighted by Gasteiger charge is -2.17. The third kappa shape index (κ3) is 3.55. The van der Waals surface area contributed by atoms with Gasteiger partial charge in [-0.3, -0.25) is 14.4 Å². The van der Waals surface area contributed by atoms with Crippen molar-refractivity contribution in [3.05, 3.63) is 17.5 Å². The van der Waals surface area contributed by atoms with Gasteiger partial charge in [-0.25, -0.2) is 0 Å². The van der Waals surface area contributed by atoms with E-state index in [2.05, 4.69) is 5.10 Å². The van der Waals surface area contributed by atoms with Crippen molar-refractivity contribution in [2.45, 2.75) is 38.4 Å². The zero-order valence-corrected chi connectivity index (χ0v) is 12.0. The monoisotopic (exact) mass is 304 g/mol. The SMILES string of the molecule is CC(C)c1cc(C(F)(F)F)nn1C1CCN(CC(N)=O)C1. The molecule has 1 fully saturated rings. The summed E-state index contributed by atoms with van der Waals surface area (Å²) in [5.41, 5.74) is 4.85. The second-order valence-electron chi connectivity index (χ2n) is 5.70. The molecule has 1 atom stereocenters. The van der Waals surface area contributed by atoms with Gasteiger partial charge in [0.15, 0.2) is 5.69 Å². The fraction of sp³-hybridized carbons (Fsp3) is 0.692. The van der Waals surface area contributed by atoms with E-state index < -0.39 is 17.8 Å². The Balaban J connectivity index is 2.23. The first kappa shape index (κ1) is 15.8. The number of rotatable bonds is 4. The molecule has 0 saturated carbocycles. The molecule has 1 aliphatic rings. The quantitative estimate of drug-likeness (QED) is 0.922. The average molecular weight is 304 g/mol. The summed E-state index contributed by atoms with van der Waals surface area (Å²) < 4.78 is 40.0. The highest BCUT2D eigenvalue weighted by molar-refractivity contribution is 5.75.